The molecule has 0 aromatic rings. The summed E-state index contributed by atoms with van der Waals surface area (Å²) in [6, 6.07) is 0. The fourth-order valence-corrected chi connectivity index (χ4v) is 14.3. The molecule has 392 valence electrons. The number of esters is 1. The summed E-state index contributed by atoms with van der Waals surface area (Å²) >= 11 is 0. The topological polar surface area (TPSA) is 374 Å². The molecule has 26 atom stereocenters. The summed E-state index contributed by atoms with van der Waals surface area (Å²) in [5, 5.41) is 148. The molecular weight excluding hydrogens is 908 g/mol. The lowest BCUT2D eigenvalue weighted by molar-refractivity contribution is -0.404. The van der Waals surface area contributed by atoms with E-state index in [1.165, 1.54) is 0 Å². The van der Waals surface area contributed by atoms with E-state index in [1.807, 2.05) is 6.92 Å². The predicted molar refractivity (Wildman–Crippen MR) is 224 cm³/mol. The van der Waals surface area contributed by atoms with E-state index in [2.05, 4.69) is 20.8 Å². The second kappa shape index (κ2) is 19.5. The zero-order valence-corrected chi connectivity index (χ0v) is 38.8. The summed E-state index contributed by atoms with van der Waals surface area (Å²) in [4.78, 5) is 14.3. The SMILES string of the molecule is CC1(C)C[C@@]23CC[C@H]4[C@@](C)(CCC[C@@]4(C)C(=O)OC4OC(CO)C(O)C(O)C4O)[C@@H]2CC[C@]1(OC1OC(CO)C(O)C(OC2OC(CO)C(O)C(O)C2O)C1OC1OC(CO)C(O)C(O)C1O)C3. The Kier molecular flexibility index (Phi) is 15.2. The van der Waals surface area contributed by atoms with Gasteiger partial charge in [-0.3, -0.25) is 4.79 Å². The number of hydrogen-bond donors (Lipinski definition) is 14. The van der Waals surface area contributed by atoms with Gasteiger partial charge in [-0.25, -0.2) is 0 Å². The molecule has 8 fully saturated rings. The van der Waals surface area contributed by atoms with Crippen molar-refractivity contribution in [2.45, 2.75) is 214 Å². The number of ether oxygens (including phenoxy) is 8. The van der Waals surface area contributed by atoms with Crippen LogP contribution in [-0.2, 0) is 42.7 Å². The Morgan fingerprint density at radius 3 is 1.49 bits per heavy atom. The monoisotopic (exact) mass is 982 g/mol. The maximum Gasteiger partial charge on any atom is 0.314 e. The summed E-state index contributed by atoms with van der Waals surface area (Å²) in [5.41, 5.74) is -3.41. The molecule has 4 aliphatic carbocycles. The highest BCUT2D eigenvalue weighted by Crippen LogP contribution is 2.76. The van der Waals surface area contributed by atoms with Crippen molar-refractivity contribution in [3.8, 4) is 0 Å². The quantitative estimate of drug-likeness (QED) is 0.0646. The number of fused-ring (bicyclic) bond motifs is 3. The van der Waals surface area contributed by atoms with Crippen molar-refractivity contribution < 1.29 is 114 Å². The first-order valence-corrected chi connectivity index (χ1v) is 24.0. The first-order valence-electron chi connectivity index (χ1n) is 24.0. The van der Waals surface area contributed by atoms with E-state index in [1.54, 1.807) is 0 Å². The van der Waals surface area contributed by atoms with Gasteiger partial charge in [0.2, 0.25) is 6.29 Å². The molecule has 8 aliphatic rings. The van der Waals surface area contributed by atoms with Crippen LogP contribution in [0.2, 0.25) is 0 Å². The second-order valence-corrected chi connectivity index (χ2v) is 22.1. The summed E-state index contributed by atoms with van der Waals surface area (Å²) in [6.07, 6.45) is -28.4. The van der Waals surface area contributed by atoms with Crippen LogP contribution in [0.1, 0.15) is 85.5 Å². The van der Waals surface area contributed by atoms with Crippen molar-refractivity contribution >= 4 is 5.97 Å². The van der Waals surface area contributed by atoms with Crippen LogP contribution in [0.15, 0.2) is 0 Å². The maximum atomic E-state index is 14.3. The first-order chi connectivity index (χ1) is 32.0. The van der Waals surface area contributed by atoms with Gasteiger partial charge in [0.25, 0.3) is 0 Å². The Labute approximate surface area is 393 Å². The molecule has 8 rings (SSSR count). The average Bonchev–Trinajstić information content (AvgIpc) is 3.46. The summed E-state index contributed by atoms with van der Waals surface area (Å²) < 4.78 is 48.7. The standard InChI is InChI=1S/C45H74O23/c1-41(2)16-44-10-6-22-42(3,8-5-9-43(22,4)40(60)67-38-33(59)30(56)26(52)20(14-48)63-38)23(44)7-11-45(41,17-44)68-39-35(66-37-32(58)29(55)25(51)19(13-47)62-37)34(27(53)21(15-49)64-39)65-36-31(57)28(54)24(50)18(12-46)61-36/h18-39,46-59H,5-17H2,1-4H3/t18?,19?,20?,21?,22-,23-,24?,25?,26?,27?,28?,29?,30?,31?,32?,33?,34?,35?,36?,37?,38?,39?,42+,43+,44+,45-/m0/s1. The van der Waals surface area contributed by atoms with Crippen LogP contribution in [0.5, 0.6) is 0 Å². The number of aliphatic hydroxyl groups excluding tert-OH is 14. The van der Waals surface area contributed by atoms with Crippen LogP contribution in [-0.4, -0.2) is 232 Å². The van der Waals surface area contributed by atoms with Crippen molar-refractivity contribution in [1.29, 1.82) is 0 Å². The van der Waals surface area contributed by atoms with Crippen LogP contribution in [0, 0.1) is 33.5 Å². The van der Waals surface area contributed by atoms with Gasteiger partial charge >= 0.3 is 5.97 Å². The van der Waals surface area contributed by atoms with Gasteiger partial charge in [-0.1, -0.05) is 27.2 Å². The highest BCUT2D eigenvalue weighted by atomic mass is 16.8. The average molecular weight is 983 g/mol. The molecule has 0 amide bonds. The van der Waals surface area contributed by atoms with E-state index in [9.17, 15) is 76.3 Å². The molecular formula is C45H74O23. The van der Waals surface area contributed by atoms with Gasteiger partial charge in [0, 0.05) is 0 Å². The van der Waals surface area contributed by atoms with Gasteiger partial charge in [0.15, 0.2) is 18.9 Å². The van der Waals surface area contributed by atoms with Crippen molar-refractivity contribution in [3.05, 3.63) is 0 Å². The van der Waals surface area contributed by atoms with E-state index >= 15 is 0 Å². The number of rotatable bonds is 12. The third-order valence-electron chi connectivity index (χ3n) is 17.9. The van der Waals surface area contributed by atoms with Crippen LogP contribution in [0.4, 0.5) is 0 Å². The molecule has 1 spiro atoms. The largest absolute Gasteiger partial charge is 0.432 e. The molecule has 14 N–H and O–H groups in total. The van der Waals surface area contributed by atoms with Gasteiger partial charge in [-0.05, 0) is 86.4 Å². The molecule has 4 heterocycles. The molecule has 23 heteroatoms. The third-order valence-corrected chi connectivity index (χ3v) is 17.9. The number of aliphatic hydroxyl groups is 14. The van der Waals surface area contributed by atoms with Gasteiger partial charge in [-0.15, -0.1) is 0 Å². The zero-order valence-electron chi connectivity index (χ0n) is 38.8. The Hall–Kier alpha value is -1.37. The summed E-state index contributed by atoms with van der Waals surface area (Å²) in [7, 11) is 0. The molecule has 4 aliphatic heterocycles. The first kappa shape index (κ1) is 52.9. The zero-order chi connectivity index (χ0) is 49.6. The van der Waals surface area contributed by atoms with E-state index in [4.69, 9.17) is 37.9 Å². The fourth-order valence-electron chi connectivity index (χ4n) is 14.3. The fraction of sp³-hybridized carbons (Fsp3) is 0.978. The third kappa shape index (κ3) is 8.58. The highest BCUT2D eigenvalue weighted by Gasteiger charge is 2.73. The lowest BCUT2D eigenvalue weighted by atomic mass is 9.41. The molecule has 0 aromatic carbocycles. The van der Waals surface area contributed by atoms with Gasteiger partial charge in [0.1, 0.15) is 97.7 Å². The number of hydrogen-bond acceptors (Lipinski definition) is 23. The molecule has 23 nitrogen and oxygen atoms in total. The molecule has 4 saturated carbocycles. The number of carbonyl (C=O) groups is 1. The van der Waals surface area contributed by atoms with Crippen LogP contribution in [0.25, 0.3) is 0 Å². The predicted octanol–water partition coefficient (Wildman–Crippen LogP) is -4.64. The van der Waals surface area contributed by atoms with E-state index in [0.29, 0.717) is 51.4 Å². The molecule has 4 saturated heterocycles. The number of carbonyl (C=O) groups excluding carboxylic acids is 1. The molecule has 0 aromatic heterocycles. The normalized spacial score (nSPS) is 54.7. The summed E-state index contributed by atoms with van der Waals surface area (Å²) in [6.45, 7) is 5.13. The Morgan fingerprint density at radius 2 is 0.956 bits per heavy atom. The van der Waals surface area contributed by atoms with Crippen LogP contribution >= 0.6 is 0 Å². The van der Waals surface area contributed by atoms with Crippen molar-refractivity contribution in [1.82, 2.24) is 0 Å². The Balaban J connectivity index is 1.08. The smallest absolute Gasteiger partial charge is 0.314 e. The minimum absolute atomic E-state index is 0.0645. The molecule has 0 radical (unpaired) electrons. The van der Waals surface area contributed by atoms with Crippen molar-refractivity contribution in [2.75, 3.05) is 26.4 Å². The Morgan fingerprint density at radius 1 is 0.500 bits per heavy atom. The van der Waals surface area contributed by atoms with E-state index < -0.39 is 177 Å². The van der Waals surface area contributed by atoms with Crippen molar-refractivity contribution in [3.63, 3.8) is 0 Å². The van der Waals surface area contributed by atoms with Gasteiger partial charge in [-0.2, -0.15) is 0 Å². The van der Waals surface area contributed by atoms with Crippen molar-refractivity contribution in [2.24, 2.45) is 33.5 Å². The second-order valence-electron chi connectivity index (χ2n) is 22.1. The molecule has 20 unspecified atom stereocenters. The maximum absolute atomic E-state index is 14.3. The minimum atomic E-state index is -1.95. The lowest BCUT2D eigenvalue weighted by Gasteiger charge is -2.64. The minimum Gasteiger partial charge on any atom is -0.432 e. The van der Waals surface area contributed by atoms with Crippen LogP contribution in [0.3, 0.4) is 0 Å². The lowest BCUT2D eigenvalue weighted by Crippen LogP contribution is -2.68. The summed E-state index contributed by atoms with van der Waals surface area (Å²) in [5.74, 6) is -0.733. The highest BCUT2D eigenvalue weighted by molar-refractivity contribution is 5.77. The van der Waals surface area contributed by atoms with E-state index in [0.717, 1.165) is 6.42 Å². The molecule has 68 heavy (non-hydrogen) atoms. The van der Waals surface area contributed by atoms with E-state index in [-0.39, 0.29) is 17.3 Å². The van der Waals surface area contributed by atoms with Gasteiger partial charge < -0.3 is 109 Å². The van der Waals surface area contributed by atoms with Crippen LogP contribution < -0.4 is 0 Å². The van der Waals surface area contributed by atoms with Gasteiger partial charge in [0.05, 0.1) is 37.4 Å². The Bertz CT molecular complexity index is 1760. The molecule has 2 bridgehead atoms.